The van der Waals surface area contributed by atoms with Crippen LogP contribution < -0.4 is 5.73 Å². The predicted octanol–water partition coefficient (Wildman–Crippen LogP) is 3.25. The lowest BCUT2D eigenvalue weighted by molar-refractivity contribution is -0.136. The Balaban J connectivity index is 1.89. The van der Waals surface area contributed by atoms with Crippen LogP contribution in [-0.4, -0.2) is 45.8 Å². The summed E-state index contributed by atoms with van der Waals surface area (Å²) >= 11 is 0. The number of likely N-dealkylation sites (N-methyl/N-ethyl adjacent to an activating group) is 2. The maximum absolute atomic E-state index is 13.2. The quantitative estimate of drug-likeness (QED) is 0.684. The summed E-state index contributed by atoms with van der Waals surface area (Å²) in [5.74, 6) is 0.582. The first kappa shape index (κ1) is 19.8. The van der Waals surface area contributed by atoms with Crippen molar-refractivity contribution in [3.05, 3.63) is 66.0 Å². The molecule has 1 amide bonds. The van der Waals surface area contributed by atoms with Gasteiger partial charge in [-0.3, -0.25) is 14.7 Å². The van der Waals surface area contributed by atoms with Crippen molar-refractivity contribution in [3.63, 3.8) is 0 Å². The van der Waals surface area contributed by atoms with Crippen molar-refractivity contribution in [1.29, 1.82) is 0 Å². The number of anilines is 1. The van der Waals surface area contributed by atoms with Gasteiger partial charge in [-0.15, -0.1) is 0 Å². The maximum atomic E-state index is 13.2. The second kappa shape index (κ2) is 8.80. The molecule has 0 aliphatic rings. The topological polar surface area (TPSA) is 75.4 Å². The number of carbonyl (C=O) groups excluding carboxylic acids is 1. The lowest BCUT2D eigenvalue weighted by atomic mass is 10.1. The van der Waals surface area contributed by atoms with E-state index in [9.17, 15) is 4.79 Å². The Morgan fingerprint density at radius 1 is 1.11 bits per heavy atom. The zero-order chi connectivity index (χ0) is 20.1. The minimum atomic E-state index is -0.429. The van der Waals surface area contributed by atoms with E-state index in [-0.39, 0.29) is 5.91 Å². The van der Waals surface area contributed by atoms with Gasteiger partial charge < -0.3 is 10.6 Å². The molecule has 2 heterocycles. The van der Waals surface area contributed by atoms with Crippen molar-refractivity contribution in [2.45, 2.75) is 26.4 Å². The van der Waals surface area contributed by atoms with E-state index in [2.05, 4.69) is 20.9 Å². The first-order valence-corrected chi connectivity index (χ1v) is 9.58. The SMILES string of the molecule is CCN(CC)C(=O)C(c1ccccn1)N(C)Cc1ccc2nc(N)ccc2c1. The van der Waals surface area contributed by atoms with Gasteiger partial charge in [0.25, 0.3) is 0 Å². The Labute approximate surface area is 166 Å². The molecule has 1 atom stereocenters. The third-order valence-electron chi connectivity index (χ3n) is 4.92. The maximum Gasteiger partial charge on any atom is 0.246 e. The molecule has 0 aliphatic heterocycles. The number of nitrogens with zero attached hydrogens (tertiary/aromatic N) is 4. The number of nitrogens with two attached hydrogens (primary N) is 1. The predicted molar refractivity (Wildman–Crippen MR) is 113 cm³/mol. The Bertz CT molecular complexity index is 940. The Morgan fingerprint density at radius 3 is 2.57 bits per heavy atom. The normalized spacial score (nSPS) is 12.3. The van der Waals surface area contributed by atoms with Crippen LogP contribution in [0.4, 0.5) is 5.82 Å². The summed E-state index contributed by atoms with van der Waals surface area (Å²) in [5, 5.41) is 1.03. The number of hydrogen-bond acceptors (Lipinski definition) is 5. The first-order chi connectivity index (χ1) is 13.5. The molecule has 0 spiro atoms. The number of rotatable bonds is 7. The molecule has 1 aromatic carbocycles. The zero-order valence-corrected chi connectivity index (χ0v) is 16.7. The number of aromatic nitrogens is 2. The fourth-order valence-corrected chi connectivity index (χ4v) is 3.46. The third kappa shape index (κ3) is 4.28. The zero-order valence-electron chi connectivity index (χ0n) is 16.7. The van der Waals surface area contributed by atoms with E-state index in [1.54, 1.807) is 12.3 Å². The summed E-state index contributed by atoms with van der Waals surface area (Å²) in [6.07, 6.45) is 1.73. The van der Waals surface area contributed by atoms with Crippen LogP contribution in [0.1, 0.15) is 31.1 Å². The number of nitrogen functional groups attached to an aromatic ring is 1. The van der Waals surface area contributed by atoms with Crippen molar-refractivity contribution in [2.24, 2.45) is 0 Å². The van der Waals surface area contributed by atoms with Gasteiger partial charge in [0.2, 0.25) is 5.91 Å². The van der Waals surface area contributed by atoms with Gasteiger partial charge in [-0.05, 0) is 62.9 Å². The molecule has 28 heavy (non-hydrogen) atoms. The minimum Gasteiger partial charge on any atom is -0.384 e. The number of fused-ring (bicyclic) bond motifs is 1. The average Bonchev–Trinajstić information content (AvgIpc) is 2.70. The number of carbonyl (C=O) groups is 1. The van der Waals surface area contributed by atoms with Gasteiger partial charge >= 0.3 is 0 Å². The number of benzene rings is 1. The second-order valence-corrected chi connectivity index (χ2v) is 6.85. The highest BCUT2D eigenvalue weighted by molar-refractivity contribution is 5.83. The van der Waals surface area contributed by atoms with Crippen LogP contribution in [-0.2, 0) is 11.3 Å². The van der Waals surface area contributed by atoms with Gasteiger partial charge in [0.1, 0.15) is 11.9 Å². The third-order valence-corrected chi connectivity index (χ3v) is 4.92. The second-order valence-electron chi connectivity index (χ2n) is 6.85. The van der Waals surface area contributed by atoms with E-state index in [4.69, 9.17) is 5.73 Å². The van der Waals surface area contributed by atoms with Gasteiger partial charge in [0.15, 0.2) is 0 Å². The largest absolute Gasteiger partial charge is 0.384 e. The highest BCUT2D eigenvalue weighted by Gasteiger charge is 2.29. The molecule has 0 bridgehead atoms. The molecular formula is C22H27N5O. The fourth-order valence-electron chi connectivity index (χ4n) is 3.46. The van der Waals surface area contributed by atoms with Crippen LogP contribution in [0.5, 0.6) is 0 Å². The average molecular weight is 377 g/mol. The van der Waals surface area contributed by atoms with Crippen LogP contribution in [0.2, 0.25) is 0 Å². The van der Waals surface area contributed by atoms with E-state index in [1.807, 2.05) is 62.2 Å². The first-order valence-electron chi connectivity index (χ1n) is 9.58. The van der Waals surface area contributed by atoms with E-state index < -0.39 is 6.04 Å². The van der Waals surface area contributed by atoms with Crippen LogP contribution in [0.25, 0.3) is 10.9 Å². The minimum absolute atomic E-state index is 0.0708. The smallest absolute Gasteiger partial charge is 0.246 e. The van der Waals surface area contributed by atoms with Crippen LogP contribution in [0.3, 0.4) is 0 Å². The van der Waals surface area contributed by atoms with Gasteiger partial charge in [-0.2, -0.15) is 0 Å². The molecule has 0 aliphatic carbocycles. The lowest BCUT2D eigenvalue weighted by Crippen LogP contribution is -2.41. The number of pyridine rings is 2. The highest BCUT2D eigenvalue weighted by atomic mass is 16.2. The van der Waals surface area contributed by atoms with Gasteiger partial charge in [-0.25, -0.2) is 4.98 Å². The van der Waals surface area contributed by atoms with Crippen molar-refractivity contribution in [1.82, 2.24) is 19.8 Å². The highest BCUT2D eigenvalue weighted by Crippen LogP contribution is 2.24. The molecule has 3 aromatic rings. The van der Waals surface area contributed by atoms with Gasteiger partial charge in [0.05, 0.1) is 11.2 Å². The van der Waals surface area contributed by atoms with Crippen molar-refractivity contribution < 1.29 is 4.79 Å². The molecule has 146 valence electrons. The molecule has 3 rings (SSSR count). The van der Waals surface area contributed by atoms with Crippen LogP contribution in [0.15, 0.2) is 54.7 Å². The van der Waals surface area contributed by atoms with Crippen molar-refractivity contribution in [3.8, 4) is 0 Å². The van der Waals surface area contributed by atoms with Crippen molar-refractivity contribution in [2.75, 3.05) is 25.9 Å². The number of hydrogen-bond donors (Lipinski definition) is 1. The molecule has 2 N–H and O–H groups in total. The van der Waals surface area contributed by atoms with Gasteiger partial charge in [0, 0.05) is 31.2 Å². The monoisotopic (exact) mass is 377 g/mol. The molecular weight excluding hydrogens is 350 g/mol. The summed E-state index contributed by atoms with van der Waals surface area (Å²) < 4.78 is 0. The van der Waals surface area contributed by atoms with Crippen molar-refractivity contribution >= 4 is 22.6 Å². The molecule has 6 nitrogen and oxygen atoms in total. The summed E-state index contributed by atoms with van der Waals surface area (Å²) in [4.78, 5) is 25.9. The van der Waals surface area contributed by atoms with E-state index in [1.165, 1.54) is 0 Å². The molecule has 2 aromatic heterocycles. The molecule has 0 saturated heterocycles. The lowest BCUT2D eigenvalue weighted by Gasteiger charge is -2.31. The Morgan fingerprint density at radius 2 is 1.89 bits per heavy atom. The Hall–Kier alpha value is -2.99. The van der Waals surface area contributed by atoms with E-state index >= 15 is 0 Å². The molecule has 0 fully saturated rings. The van der Waals surface area contributed by atoms with E-state index in [0.29, 0.717) is 25.5 Å². The molecule has 6 heteroatoms. The summed E-state index contributed by atoms with van der Waals surface area (Å²) in [6.45, 7) is 5.97. The Kier molecular flexibility index (Phi) is 6.21. The molecule has 0 saturated carbocycles. The standard InChI is InChI=1S/C22H27N5O/c1-4-27(5-2)22(28)21(19-8-6-7-13-24-19)26(3)15-16-9-11-18-17(14-16)10-12-20(23)25-18/h6-14,21H,4-5,15H2,1-3H3,(H2,23,25). The van der Waals surface area contributed by atoms with E-state index in [0.717, 1.165) is 22.2 Å². The summed E-state index contributed by atoms with van der Waals surface area (Å²) in [7, 11) is 1.96. The van der Waals surface area contributed by atoms with Gasteiger partial charge in [-0.1, -0.05) is 12.1 Å². The molecule has 0 radical (unpaired) electrons. The van der Waals surface area contributed by atoms with Crippen LogP contribution in [0, 0.1) is 0 Å². The fraction of sp³-hybridized carbons (Fsp3) is 0.318. The summed E-state index contributed by atoms with van der Waals surface area (Å²) in [6, 6.07) is 15.1. The summed E-state index contributed by atoms with van der Waals surface area (Å²) in [5.41, 5.74) is 8.50. The number of amides is 1. The molecule has 1 unspecified atom stereocenters. The van der Waals surface area contributed by atoms with Crippen LogP contribution >= 0.6 is 0 Å².